The van der Waals surface area contributed by atoms with E-state index in [-0.39, 0.29) is 5.69 Å². The van der Waals surface area contributed by atoms with Crippen LogP contribution in [0.4, 0.5) is 0 Å². The lowest BCUT2D eigenvalue weighted by Crippen LogP contribution is -2.19. The van der Waals surface area contributed by atoms with Crippen molar-refractivity contribution in [3.05, 3.63) is 29.5 Å². The molecule has 0 atom stereocenters. The van der Waals surface area contributed by atoms with Gasteiger partial charge in [-0.2, -0.15) is 15.4 Å². The molecule has 7 heteroatoms. The molecule has 0 radical (unpaired) electrons. The van der Waals surface area contributed by atoms with Crippen molar-refractivity contribution in [2.45, 2.75) is 19.4 Å². The molecule has 2 aromatic rings. The number of aromatic nitrogens is 3. The minimum Gasteiger partial charge on any atom is -0.496 e. The molecule has 2 heterocycles. The number of amides is 1. The Labute approximate surface area is 128 Å². The van der Waals surface area contributed by atoms with Crippen molar-refractivity contribution in [2.24, 2.45) is 5.73 Å². The second-order valence-corrected chi connectivity index (χ2v) is 5.39. The molecule has 22 heavy (non-hydrogen) atoms. The Bertz CT molecular complexity index is 676. The first kappa shape index (κ1) is 14.5. The number of hydrogen-bond donors (Lipinski definition) is 2. The summed E-state index contributed by atoms with van der Waals surface area (Å²) in [7, 11) is 1.66. The average molecular weight is 301 g/mol. The van der Waals surface area contributed by atoms with E-state index in [0.717, 1.165) is 36.5 Å². The first-order chi connectivity index (χ1) is 10.7. The summed E-state index contributed by atoms with van der Waals surface area (Å²) < 4.78 is 5.44. The fraction of sp³-hybridized carbons (Fsp3) is 0.400. The van der Waals surface area contributed by atoms with Crippen LogP contribution in [0.5, 0.6) is 5.75 Å². The van der Waals surface area contributed by atoms with Crippen molar-refractivity contribution in [3.8, 4) is 17.0 Å². The predicted molar refractivity (Wildman–Crippen MR) is 81.4 cm³/mol. The second kappa shape index (κ2) is 6.15. The Morgan fingerprint density at radius 2 is 2.14 bits per heavy atom. The largest absolute Gasteiger partial charge is 0.496 e. The van der Waals surface area contributed by atoms with Crippen LogP contribution in [0.15, 0.2) is 18.2 Å². The highest BCUT2D eigenvalue weighted by Crippen LogP contribution is 2.28. The number of nitrogens with two attached hydrogens (primary N) is 1. The number of nitrogens with zero attached hydrogens (tertiary/aromatic N) is 3. The molecular weight excluding hydrogens is 282 g/mol. The van der Waals surface area contributed by atoms with Gasteiger partial charge < -0.3 is 10.5 Å². The third kappa shape index (κ3) is 2.80. The van der Waals surface area contributed by atoms with Crippen LogP contribution in [0.1, 0.15) is 28.9 Å². The van der Waals surface area contributed by atoms with Crippen LogP contribution in [0.2, 0.25) is 0 Å². The molecule has 1 fully saturated rings. The number of primary amides is 1. The molecule has 0 unspecified atom stereocenters. The van der Waals surface area contributed by atoms with Gasteiger partial charge >= 0.3 is 0 Å². The number of H-pyrrole nitrogens is 1. The normalized spacial score (nSPS) is 15.1. The van der Waals surface area contributed by atoms with Crippen LogP contribution < -0.4 is 10.5 Å². The topological polar surface area (TPSA) is 97.1 Å². The molecule has 1 saturated heterocycles. The van der Waals surface area contributed by atoms with Crippen LogP contribution in [0, 0.1) is 0 Å². The number of ether oxygens (including phenoxy) is 1. The van der Waals surface area contributed by atoms with E-state index in [2.05, 4.69) is 20.3 Å². The van der Waals surface area contributed by atoms with Gasteiger partial charge in [0.2, 0.25) is 0 Å². The first-order valence-corrected chi connectivity index (χ1v) is 7.29. The van der Waals surface area contributed by atoms with E-state index >= 15 is 0 Å². The number of benzene rings is 1. The van der Waals surface area contributed by atoms with E-state index in [1.54, 1.807) is 7.11 Å². The summed E-state index contributed by atoms with van der Waals surface area (Å²) >= 11 is 0. The number of nitrogens with one attached hydrogen (secondary N) is 1. The van der Waals surface area contributed by atoms with Crippen molar-refractivity contribution < 1.29 is 9.53 Å². The molecular formula is C15H19N5O2. The smallest absolute Gasteiger partial charge is 0.271 e. The molecule has 1 aliphatic rings. The average Bonchev–Trinajstić information content (AvgIpc) is 3.18. The Morgan fingerprint density at radius 3 is 2.82 bits per heavy atom. The first-order valence-electron chi connectivity index (χ1n) is 7.29. The molecule has 0 bridgehead atoms. The second-order valence-electron chi connectivity index (χ2n) is 5.39. The Hall–Kier alpha value is -2.41. The van der Waals surface area contributed by atoms with E-state index in [9.17, 15) is 4.79 Å². The predicted octanol–water partition coefficient (Wildman–Crippen LogP) is 1.18. The summed E-state index contributed by atoms with van der Waals surface area (Å²) in [5, 5.41) is 10.3. The van der Waals surface area contributed by atoms with Crippen molar-refractivity contribution in [1.29, 1.82) is 0 Å². The van der Waals surface area contributed by atoms with E-state index < -0.39 is 5.91 Å². The van der Waals surface area contributed by atoms with Gasteiger partial charge in [0.25, 0.3) is 5.91 Å². The SMILES string of the molecule is COc1ccc(-c2n[nH]nc2C(N)=O)cc1CN1CCCC1. The van der Waals surface area contributed by atoms with Gasteiger partial charge in [-0.3, -0.25) is 9.69 Å². The van der Waals surface area contributed by atoms with Gasteiger partial charge in [0.1, 0.15) is 11.4 Å². The monoisotopic (exact) mass is 301 g/mol. The standard InChI is InChI=1S/C15H19N5O2/c1-22-12-5-4-10(13-14(15(16)21)18-19-17-13)8-11(12)9-20-6-2-3-7-20/h4-5,8H,2-3,6-7,9H2,1H3,(H2,16,21)(H,17,18,19). The number of hydrogen-bond acceptors (Lipinski definition) is 5. The zero-order valence-corrected chi connectivity index (χ0v) is 12.5. The van der Waals surface area contributed by atoms with Crippen LogP contribution in [-0.4, -0.2) is 46.4 Å². The molecule has 1 amide bonds. The van der Waals surface area contributed by atoms with Crippen LogP contribution >= 0.6 is 0 Å². The van der Waals surface area contributed by atoms with Gasteiger partial charge in [0.15, 0.2) is 5.69 Å². The number of methoxy groups -OCH3 is 1. The maximum absolute atomic E-state index is 11.4. The minimum atomic E-state index is -0.597. The third-order valence-corrected chi connectivity index (χ3v) is 3.93. The van der Waals surface area contributed by atoms with Gasteiger partial charge in [0.05, 0.1) is 7.11 Å². The maximum Gasteiger partial charge on any atom is 0.271 e. The van der Waals surface area contributed by atoms with E-state index in [1.807, 2.05) is 18.2 Å². The lowest BCUT2D eigenvalue weighted by molar-refractivity contribution is 0.0996. The highest BCUT2D eigenvalue weighted by Gasteiger charge is 2.18. The summed E-state index contributed by atoms with van der Waals surface area (Å²) in [5.41, 5.74) is 7.82. The Balaban J connectivity index is 1.95. The fourth-order valence-corrected chi connectivity index (χ4v) is 2.84. The van der Waals surface area contributed by atoms with Crippen LogP contribution in [0.25, 0.3) is 11.3 Å². The van der Waals surface area contributed by atoms with Gasteiger partial charge in [-0.1, -0.05) is 0 Å². The molecule has 1 aliphatic heterocycles. The van der Waals surface area contributed by atoms with Gasteiger partial charge in [0, 0.05) is 17.7 Å². The Kier molecular flexibility index (Phi) is 4.06. The van der Waals surface area contributed by atoms with Crippen molar-refractivity contribution >= 4 is 5.91 Å². The van der Waals surface area contributed by atoms with Gasteiger partial charge in [-0.15, -0.1) is 0 Å². The summed E-state index contributed by atoms with van der Waals surface area (Å²) in [6.45, 7) is 3.02. The lowest BCUT2D eigenvalue weighted by atomic mass is 10.0. The molecule has 0 saturated carbocycles. The highest BCUT2D eigenvalue weighted by atomic mass is 16.5. The lowest BCUT2D eigenvalue weighted by Gasteiger charge is -2.17. The van der Waals surface area contributed by atoms with Crippen molar-refractivity contribution in [3.63, 3.8) is 0 Å². The number of carbonyl (C=O) groups is 1. The molecule has 0 spiro atoms. The number of rotatable bonds is 5. The maximum atomic E-state index is 11.4. The summed E-state index contributed by atoms with van der Waals surface area (Å²) in [6.07, 6.45) is 2.47. The van der Waals surface area contributed by atoms with Crippen molar-refractivity contribution in [1.82, 2.24) is 20.3 Å². The van der Waals surface area contributed by atoms with E-state index in [0.29, 0.717) is 5.69 Å². The molecule has 0 aliphatic carbocycles. The fourth-order valence-electron chi connectivity index (χ4n) is 2.84. The van der Waals surface area contributed by atoms with E-state index in [4.69, 9.17) is 10.5 Å². The third-order valence-electron chi connectivity index (χ3n) is 3.93. The number of aromatic amines is 1. The highest BCUT2D eigenvalue weighted by molar-refractivity contribution is 5.96. The summed E-state index contributed by atoms with van der Waals surface area (Å²) in [6, 6.07) is 5.73. The zero-order chi connectivity index (χ0) is 15.5. The Morgan fingerprint density at radius 1 is 1.36 bits per heavy atom. The molecule has 3 rings (SSSR count). The van der Waals surface area contributed by atoms with Crippen LogP contribution in [0.3, 0.4) is 0 Å². The quantitative estimate of drug-likeness (QED) is 0.864. The van der Waals surface area contributed by atoms with E-state index in [1.165, 1.54) is 12.8 Å². The number of likely N-dealkylation sites (tertiary alicyclic amines) is 1. The molecule has 116 valence electrons. The summed E-state index contributed by atoms with van der Waals surface area (Å²) in [4.78, 5) is 13.8. The zero-order valence-electron chi connectivity index (χ0n) is 12.5. The molecule has 1 aromatic heterocycles. The van der Waals surface area contributed by atoms with Gasteiger partial charge in [-0.05, 0) is 44.1 Å². The number of carbonyl (C=O) groups excluding carboxylic acids is 1. The summed E-state index contributed by atoms with van der Waals surface area (Å²) in [5.74, 6) is 0.237. The van der Waals surface area contributed by atoms with Crippen molar-refractivity contribution in [2.75, 3.05) is 20.2 Å². The molecule has 1 aromatic carbocycles. The molecule has 7 nitrogen and oxygen atoms in total. The molecule has 3 N–H and O–H groups in total. The van der Waals surface area contributed by atoms with Crippen LogP contribution in [-0.2, 0) is 6.54 Å². The minimum absolute atomic E-state index is 0.150. The van der Waals surface area contributed by atoms with Gasteiger partial charge in [-0.25, -0.2) is 0 Å².